The van der Waals surface area contributed by atoms with Crippen molar-refractivity contribution in [2.75, 3.05) is 40.6 Å². The van der Waals surface area contributed by atoms with Crippen LogP contribution in [0.15, 0.2) is 0 Å². The summed E-state index contributed by atoms with van der Waals surface area (Å²) < 4.78 is 16.6. The lowest BCUT2D eigenvalue weighted by Crippen LogP contribution is -2.24. The van der Waals surface area contributed by atoms with Crippen molar-refractivity contribution in [1.29, 1.82) is 0 Å². The summed E-state index contributed by atoms with van der Waals surface area (Å²) in [7, 11) is 3.63. The summed E-state index contributed by atoms with van der Waals surface area (Å²) in [5.74, 6) is 3.18. The Morgan fingerprint density at radius 3 is 1.10 bits per heavy atom. The summed E-state index contributed by atoms with van der Waals surface area (Å²) in [5, 5.41) is 0. The van der Waals surface area contributed by atoms with Gasteiger partial charge in [-0.25, -0.2) is 0 Å². The number of rotatable bonds is 8. The lowest BCUT2D eigenvalue weighted by atomic mass is 9.82. The molecule has 0 N–H and O–H groups in total. The van der Waals surface area contributed by atoms with Gasteiger partial charge in [-0.1, -0.05) is 0 Å². The van der Waals surface area contributed by atoms with E-state index in [0.717, 1.165) is 50.1 Å². The van der Waals surface area contributed by atoms with Crippen LogP contribution in [-0.2, 0) is 14.2 Å². The Bertz CT molecular complexity index is 227. The first-order valence-corrected chi connectivity index (χ1v) is 8.87. The van der Waals surface area contributed by atoms with E-state index in [9.17, 15) is 0 Å². The molecule has 0 aliphatic heterocycles. The summed E-state index contributed by atoms with van der Waals surface area (Å²) >= 11 is 0. The summed E-state index contributed by atoms with van der Waals surface area (Å²) in [6.45, 7) is 3.85. The van der Waals surface area contributed by atoms with E-state index in [1.165, 1.54) is 51.4 Å². The van der Waals surface area contributed by atoms with E-state index in [0.29, 0.717) is 0 Å². The largest absolute Gasteiger partial charge is 0.384 e. The molecular formula is C18H34O3. The van der Waals surface area contributed by atoms with E-state index in [4.69, 9.17) is 14.2 Å². The molecule has 0 aromatic carbocycles. The minimum absolute atomic E-state index is 0.794. The molecule has 0 aromatic rings. The van der Waals surface area contributed by atoms with Crippen molar-refractivity contribution in [3.63, 3.8) is 0 Å². The zero-order valence-electron chi connectivity index (χ0n) is 14.0. The predicted molar refractivity (Wildman–Crippen MR) is 85.5 cm³/mol. The van der Waals surface area contributed by atoms with E-state index in [2.05, 4.69) is 0 Å². The topological polar surface area (TPSA) is 27.7 Å². The summed E-state index contributed by atoms with van der Waals surface area (Å²) in [6, 6.07) is 0. The monoisotopic (exact) mass is 298 g/mol. The molecule has 2 aliphatic rings. The third-order valence-electron chi connectivity index (χ3n) is 5.44. The molecule has 0 amide bonds. The van der Waals surface area contributed by atoms with Crippen molar-refractivity contribution in [3.8, 4) is 0 Å². The van der Waals surface area contributed by atoms with Crippen molar-refractivity contribution < 1.29 is 14.2 Å². The molecule has 0 heterocycles. The molecule has 2 saturated carbocycles. The maximum Gasteiger partial charge on any atom is 0.0494 e. The SMILES string of the molecule is COCC1CCC(COCC2CCC(COC)CC2)CC1. The number of hydrogen-bond acceptors (Lipinski definition) is 3. The number of hydrogen-bond donors (Lipinski definition) is 0. The van der Waals surface area contributed by atoms with Crippen LogP contribution < -0.4 is 0 Å². The van der Waals surface area contributed by atoms with Crippen LogP contribution in [0.2, 0.25) is 0 Å². The zero-order chi connectivity index (χ0) is 14.9. The van der Waals surface area contributed by atoms with Gasteiger partial charge in [-0.15, -0.1) is 0 Å². The van der Waals surface area contributed by atoms with Crippen molar-refractivity contribution in [2.24, 2.45) is 23.7 Å². The number of methoxy groups -OCH3 is 2. The fraction of sp³-hybridized carbons (Fsp3) is 1.00. The smallest absolute Gasteiger partial charge is 0.0494 e. The van der Waals surface area contributed by atoms with Gasteiger partial charge in [0.05, 0.1) is 0 Å². The van der Waals surface area contributed by atoms with Crippen molar-refractivity contribution in [2.45, 2.75) is 51.4 Å². The Hall–Kier alpha value is -0.120. The van der Waals surface area contributed by atoms with E-state index < -0.39 is 0 Å². The van der Waals surface area contributed by atoms with Crippen LogP contribution in [0.4, 0.5) is 0 Å². The third-order valence-corrected chi connectivity index (χ3v) is 5.44. The third kappa shape index (κ3) is 6.25. The molecular weight excluding hydrogens is 264 g/mol. The Kier molecular flexibility index (Phi) is 8.05. The van der Waals surface area contributed by atoms with Gasteiger partial charge in [0.2, 0.25) is 0 Å². The number of ether oxygens (including phenoxy) is 3. The van der Waals surface area contributed by atoms with Crippen molar-refractivity contribution in [3.05, 3.63) is 0 Å². The van der Waals surface area contributed by atoms with Gasteiger partial charge >= 0.3 is 0 Å². The van der Waals surface area contributed by atoms with Gasteiger partial charge in [0.25, 0.3) is 0 Å². The molecule has 0 radical (unpaired) electrons. The second kappa shape index (κ2) is 9.81. The molecule has 21 heavy (non-hydrogen) atoms. The molecule has 0 atom stereocenters. The Morgan fingerprint density at radius 1 is 0.524 bits per heavy atom. The molecule has 0 bridgehead atoms. The second-order valence-corrected chi connectivity index (χ2v) is 7.22. The average Bonchev–Trinajstić information content (AvgIpc) is 2.51. The molecule has 3 nitrogen and oxygen atoms in total. The van der Waals surface area contributed by atoms with Crippen molar-refractivity contribution >= 4 is 0 Å². The van der Waals surface area contributed by atoms with Crippen LogP contribution in [0.3, 0.4) is 0 Å². The molecule has 2 fully saturated rings. The van der Waals surface area contributed by atoms with Gasteiger partial charge in [-0.05, 0) is 75.0 Å². The highest BCUT2D eigenvalue weighted by Crippen LogP contribution is 2.31. The summed E-state index contributed by atoms with van der Waals surface area (Å²) in [4.78, 5) is 0. The average molecular weight is 298 g/mol. The molecule has 124 valence electrons. The van der Waals surface area contributed by atoms with Gasteiger partial charge in [0.15, 0.2) is 0 Å². The van der Waals surface area contributed by atoms with E-state index >= 15 is 0 Å². The Morgan fingerprint density at radius 2 is 0.810 bits per heavy atom. The van der Waals surface area contributed by atoms with Crippen molar-refractivity contribution in [1.82, 2.24) is 0 Å². The normalized spacial score (nSPS) is 34.0. The maximum absolute atomic E-state index is 6.04. The first-order valence-electron chi connectivity index (χ1n) is 8.87. The van der Waals surface area contributed by atoms with Gasteiger partial charge in [0.1, 0.15) is 0 Å². The van der Waals surface area contributed by atoms with Gasteiger partial charge in [-0.2, -0.15) is 0 Å². The minimum Gasteiger partial charge on any atom is -0.384 e. The van der Waals surface area contributed by atoms with Crippen LogP contribution in [-0.4, -0.2) is 40.6 Å². The summed E-state index contributed by atoms with van der Waals surface area (Å²) in [6.07, 6.45) is 10.6. The highest BCUT2D eigenvalue weighted by atomic mass is 16.5. The predicted octanol–water partition coefficient (Wildman–Crippen LogP) is 3.91. The van der Waals surface area contributed by atoms with Gasteiger partial charge in [0, 0.05) is 40.6 Å². The van der Waals surface area contributed by atoms with Crippen LogP contribution in [0, 0.1) is 23.7 Å². The van der Waals surface area contributed by atoms with Gasteiger partial charge in [-0.3, -0.25) is 0 Å². The lowest BCUT2D eigenvalue weighted by molar-refractivity contribution is 0.0298. The van der Waals surface area contributed by atoms with Crippen LogP contribution >= 0.6 is 0 Å². The molecule has 2 aliphatic carbocycles. The van der Waals surface area contributed by atoms with E-state index in [1.54, 1.807) is 0 Å². The van der Waals surface area contributed by atoms with E-state index in [-0.39, 0.29) is 0 Å². The molecule has 0 spiro atoms. The van der Waals surface area contributed by atoms with Gasteiger partial charge < -0.3 is 14.2 Å². The zero-order valence-corrected chi connectivity index (χ0v) is 14.0. The fourth-order valence-electron chi connectivity index (χ4n) is 4.00. The van der Waals surface area contributed by atoms with Crippen LogP contribution in [0.25, 0.3) is 0 Å². The summed E-state index contributed by atoms with van der Waals surface area (Å²) in [5.41, 5.74) is 0. The van der Waals surface area contributed by atoms with Crippen LogP contribution in [0.5, 0.6) is 0 Å². The Labute approximate surface area is 130 Å². The van der Waals surface area contributed by atoms with E-state index in [1.807, 2.05) is 14.2 Å². The highest BCUT2D eigenvalue weighted by Gasteiger charge is 2.23. The minimum atomic E-state index is 0.794. The standard InChI is InChI=1S/C18H34O3/c1-19-11-15-3-7-17(8-4-15)13-21-14-18-9-5-16(6-10-18)12-20-2/h15-18H,3-14H2,1-2H3. The fourth-order valence-corrected chi connectivity index (χ4v) is 4.00. The lowest BCUT2D eigenvalue weighted by Gasteiger charge is -2.30. The maximum atomic E-state index is 6.04. The highest BCUT2D eigenvalue weighted by molar-refractivity contribution is 4.74. The first-order chi connectivity index (χ1) is 10.3. The molecule has 2 rings (SSSR count). The molecule has 0 saturated heterocycles. The molecule has 0 unspecified atom stereocenters. The molecule has 0 aromatic heterocycles. The quantitative estimate of drug-likeness (QED) is 0.680. The first kappa shape index (κ1) is 17.2. The molecule has 3 heteroatoms. The second-order valence-electron chi connectivity index (χ2n) is 7.22. The van der Waals surface area contributed by atoms with Crippen LogP contribution in [0.1, 0.15) is 51.4 Å². The Balaban J connectivity index is 1.51.